The van der Waals surface area contributed by atoms with E-state index in [1.54, 1.807) is 6.07 Å². The Morgan fingerprint density at radius 1 is 1.18 bits per heavy atom. The highest BCUT2D eigenvalue weighted by atomic mass is 32.2. The number of nitrogens with zero attached hydrogens (tertiary/aromatic N) is 1. The lowest BCUT2D eigenvalue weighted by molar-refractivity contribution is 0.171. The second kappa shape index (κ2) is 6.44. The van der Waals surface area contributed by atoms with E-state index in [1.165, 1.54) is 12.1 Å². The van der Waals surface area contributed by atoms with E-state index in [0.717, 1.165) is 6.54 Å². The first kappa shape index (κ1) is 17.1. The van der Waals surface area contributed by atoms with Gasteiger partial charge in [-0.05, 0) is 31.6 Å². The summed E-state index contributed by atoms with van der Waals surface area (Å²) in [5, 5.41) is 0. The number of hydrogen-bond acceptors (Lipinski definition) is 5. The predicted molar refractivity (Wildman–Crippen MR) is 85.0 cm³/mol. The molecule has 0 fully saturated rings. The van der Waals surface area contributed by atoms with Crippen molar-refractivity contribution in [1.82, 2.24) is 9.62 Å². The van der Waals surface area contributed by atoms with Crippen LogP contribution in [-0.2, 0) is 10.0 Å². The van der Waals surface area contributed by atoms with E-state index in [2.05, 4.69) is 4.72 Å². The standard InChI is InChI=1S/C15H24N2O4S/c1-15(2,11-17(3)4)10-16-22(18,19)12-5-6-13-14(9-12)21-8-7-20-13/h5-6,9,16H,7-8,10-11H2,1-4H3. The summed E-state index contributed by atoms with van der Waals surface area (Å²) < 4.78 is 38.4. The fourth-order valence-electron chi connectivity index (χ4n) is 2.48. The minimum Gasteiger partial charge on any atom is -0.486 e. The molecule has 6 nitrogen and oxygen atoms in total. The van der Waals surface area contributed by atoms with Crippen LogP contribution in [0.2, 0.25) is 0 Å². The largest absolute Gasteiger partial charge is 0.486 e. The highest BCUT2D eigenvalue weighted by molar-refractivity contribution is 7.89. The van der Waals surface area contributed by atoms with Gasteiger partial charge in [0, 0.05) is 19.2 Å². The molecule has 0 bridgehead atoms. The van der Waals surface area contributed by atoms with Crippen molar-refractivity contribution in [3.05, 3.63) is 18.2 Å². The molecule has 0 saturated carbocycles. The van der Waals surface area contributed by atoms with E-state index in [4.69, 9.17) is 9.47 Å². The molecular formula is C15H24N2O4S. The van der Waals surface area contributed by atoms with Gasteiger partial charge in [0.2, 0.25) is 10.0 Å². The van der Waals surface area contributed by atoms with Crippen LogP contribution < -0.4 is 14.2 Å². The quantitative estimate of drug-likeness (QED) is 0.853. The Morgan fingerprint density at radius 2 is 1.82 bits per heavy atom. The number of ether oxygens (including phenoxy) is 2. The first-order valence-electron chi connectivity index (χ1n) is 7.24. The fraction of sp³-hybridized carbons (Fsp3) is 0.600. The average molecular weight is 328 g/mol. The lowest BCUT2D eigenvalue weighted by atomic mass is 9.93. The Morgan fingerprint density at radius 3 is 2.45 bits per heavy atom. The molecule has 124 valence electrons. The van der Waals surface area contributed by atoms with Crippen molar-refractivity contribution in [2.75, 3.05) is 40.4 Å². The third-order valence-electron chi connectivity index (χ3n) is 3.31. The molecule has 0 radical (unpaired) electrons. The number of rotatable bonds is 6. The van der Waals surface area contributed by atoms with Gasteiger partial charge in [-0.3, -0.25) is 0 Å². The number of nitrogens with one attached hydrogen (secondary N) is 1. The zero-order chi connectivity index (χ0) is 16.4. The molecule has 22 heavy (non-hydrogen) atoms. The highest BCUT2D eigenvalue weighted by Crippen LogP contribution is 2.32. The van der Waals surface area contributed by atoms with E-state index < -0.39 is 10.0 Å². The highest BCUT2D eigenvalue weighted by Gasteiger charge is 2.24. The lowest BCUT2D eigenvalue weighted by Crippen LogP contribution is -2.39. The van der Waals surface area contributed by atoms with Crippen molar-refractivity contribution in [1.29, 1.82) is 0 Å². The number of sulfonamides is 1. The third kappa shape index (κ3) is 4.34. The molecule has 2 rings (SSSR count). The van der Waals surface area contributed by atoms with Crippen molar-refractivity contribution in [3.63, 3.8) is 0 Å². The molecule has 0 aliphatic carbocycles. The van der Waals surface area contributed by atoms with E-state index in [9.17, 15) is 8.42 Å². The van der Waals surface area contributed by atoms with Crippen molar-refractivity contribution < 1.29 is 17.9 Å². The summed E-state index contributed by atoms with van der Waals surface area (Å²) in [4.78, 5) is 2.23. The maximum absolute atomic E-state index is 12.4. The molecule has 0 aromatic heterocycles. The van der Waals surface area contributed by atoms with Crippen LogP contribution in [0.1, 0.15) is 13.8 Å². The Labute approximate surface area is 132 Å². The van der Waals surface area contributed by atoms with Crippen LogP contribution >= 0.6 is 0 Å². The third-order valence-corrected chi connectivity index (χ3v) is 4.71. The molecule has 1 heterocycles. The zero-order valence-corrected chi connectivity index (χ0v) is 14.4. The molecular weight excluding hydrogens is 304 g/mol. The maximum atomic E-state index is 12.4. The van der Waals surface area contributed by atoms with Crippen LogP contribution in [0.3, 0.4) is 0 Å². The first-order chi connectivity index (χ1) is 10.2. The van der Waals surface area contributed by atoms with Crippen LogP contribution in [-0.4, -0.2) is 53.7 Å². The topological polar surface area (TPSA) is 67.9 Å². The Hall–Kier alpha value is -1.31. The lowest BCUT2D eigenvalue weighted by Gasteiger charge is -2.28. The molecule has 1 N–H and O–H groups in total. The Kier molecular flexibility index (Phi) is 4.99. The zero-order valence-electron chi connectivity index (χ0n) is 13.5. The van der Waals surface area contributed by atoms with Crippen molar-refractivity contribution in [2.24, 2.45) is 5.41 Å². The molecule has 1 aliphatic rings. The van der Waals surface area contributed by atoms with Crippen molar-refractivity contribution in [2.45, 2.75) is 18.7 Å². The fourth-order valence-corrected chi connectivity index (χ4v) is 3.73. The van der Waals surface area contributed by atoms with Gasteiger partial charge in [-0.15, -0.1) is 0 Å². The van der Waals surface area contributed by atoms with Crippen LogP contribution in [0.25, 0.3) is 0 Å². The Bertz CT molecular complexity index is 626. The molecule has 0 amide bonds. The first-order valence-corrected chi connectivity index (χ1v) is 8.72. The van der Waals surface area contributed by atoms with Gasteiger partial charge in [-0.2, -0.15) is 0 Å². The van der Waals surface area contributed by atoms with Gasteiger partial charge < -0.3 is 14.4 Å². The van der Waals surface area contributed by atoms with Crippen LogP contribution in [0.5, 0.6) is 11.5 Å². The molecule has 7 heteroatoms. The van der Waals surface area contributed by atoms with Crippen molar-refractivity contribution >= 4 is 10.0 Å². The summed E-state index contributed by atoms with van der Waals surface area (Å²) in [5.74, 6) is 1.06. The van der Waals surface area contributed by atoms with Gasteiger partial charge in [-0.25, -0.2) is 13.1 Å². The number of benzene rings is 1. The SMILES string of the molecule is CN(C)CC(C)(C)CNS(=O)(=O)c1ccc2c(c1)OCCO2. The Balaban J connectivity index is 2.10. The summed E-state index contributed by atoms with van der Waals surface area (Å²) in [5.41, 5.74) is -0.162. The summed E-state index contributed by atoms with van der Waals surface area (Å²) in [7, 11) is 0.372. The smallest absolute Gasteiger partial charge is 0.240 e. The number of hydrogen-bond donors (Lipinski definition) is 1. The molecule has 0 saturated heterocycles. The van der Waals surface area contributed by atoms with Crippen molar-refractivity contribution in [3.8, 4) is 11.5 Å². The molecule has 1 aromatic rings. The monoisotopic (exact) mass is 328 g/mol. The number of fused-ring (bicyclic) bond motifs is 1. The van der Waals surface area contributed by atoms with Crippen LogP contribution in [0.15, 0.2) is 23.1 Å². The van der Waals surface area contributed by atoms with E-state index in [1.807, 2.05) is 32.8 Å². The normalized spacial score (nSPS) is 15.1. The molecule has 1 aliphatic heterocycles. The van der Waals surface area contributed by atoms with Crippen LogP contribution in [0.4, 0.5) is 0 Å². The van der Waals surface area contributed by atoms with E-state index >= 15 is 0 Å². The van der Waals surface area contributed by atoms with E-state index in [-0.39, 0.29) is 10.3 Å². The van der Waals surface area contributed by atoms with Gasteiger partial charge in [0.05, 0.1) is 4.90 Å². The van der Waals surface area contributed by atoms with E-state index in [0.29, 0.717) is 31.3 Å². The average Bonchev–Trinajstić information content (AvgIpc) is 2.44. The van der Waals surface area contributed by atoms with Gasteiger partial charge in [0.1, 0.15) is 13.2 Å². The van der Waals surface area contributed by atoms with Gasteiger partial charge in [-0.1, -0.05) is 13.8 Å². The second-order valence-electron chi connectivity index (χ2n) is 6.53. The minimum absolute atomic E-state index is 0.162. The summed E-state index contributed by atoms with van der Waals surface area (Å²) in [6.07, 6.45) is 0. The molecule has 0 spiro atoms. The van der Waals surface area contributed by atoms with Gasteiger partial charge in [0.25, 0.3) is 0 Å². The summed E-state index contributed by atoms with van der Waals surface area (Å²) >= 11 is 0. The molecule has 1 aromatic carbocycles. The predicted octanol–water partition coefficient (Wildman–Crippen LogP) is 1.32. The van der Waals surface area contributed by atoms with Gasteiger partial charge >= 0.3 is 0 Å². The maximum Gasteiger partial charge on any atom is 0.240 e. The minimum atomic E-state index is -3.57. The molecule has 0 atom stereocenters. The summed E-state index contributed by atoms with van der Waals surface area (Å²) in [6, 6.07) is 4.68. The molecule has 0 unspecified atom stereocenters. The van der Waals surface area contributed by atoms with Crippen LogP contribution in [0, 0.1) is 5.41 Å². The van der Waals surface area contributed by atoms with Gasteiger partial charge in [0.15, 0.2) is 11.5 Å². The summed E-state index contributed by atoms with van der Waals surface area (Å²) in [6.45, 7) is 6.12. The second-order valence-corrected chi connectivity index (χ2v) is 8.30.